The summed E-state index contributed by atoms with van der Waals surface area (Å²) in [6.07, 6.45) is 3.91. The molecule has 1 aliphatic heterocycles. The summed E-state index contributed by atoms with van der Waals surface area (Å²) in [5.74, 6) is 2.64. The van der Waals surface area contributed by atoms with Crippen molar-refractivity contribution in [3.05, 3.63) is 29.3 Å². The first-order valence-corrected chi connectivity index (χ1v) is 6.63. The zero-order chi connectivity index (χ0) is 11.8. The van der Waals surface area contributed by atoms with Gasteiger partial charge in [-0.25, -0.2) is 0 Å². The molecule has 0 amide bonds. The Morgan fingerprint density at radius 2 is 2.18 bits per heavy atom. The van der Waals surface area contributed by atoms with E-state index >= 15 is 0 Å². The lowest BCUT2D eigenvalue weighted by atomic mass is 9.71. The molecule has 2 aliphatic rings. The molecule has 0 unspecified atom stereocenters. The number of rotatable bonds is 1. The van der Waals surface area contributed by atoms with E-state index in [1.165, 1.54) is 32.4 Å². The maximum absolute atomic E-state index is 5.37. The van der Waals surface area contributed by atoms with Crippen molar-refractivity contribution in [2.45, 2.75) is 25.2 Å². The molecule has 0 N–H and O–H groups in total. The Hall–Kier alpha value is -1.02. The summed E-state index contributed by atoms with van der Waals surface area (Å²) >= 11 is 0. The Kier molecular flexibility index (Phi) is 2.83. The van der Waals surface area contributed by atoms with E-state index in [2.05, 4.69) is 30.1 Å². The molecular weight excluding hydrogens is 210 g/mol. The monoisotopic (exact) mass is 231 g/mol. The third-order valence-electron chi connectivity index (χ3n) is 4.47. The normalized spacial score (nSPS) is 28.4. The molecule has 1 aromatic rings. The van der Waals surface area contributed by atoms with Crippen LogP contribution in [-0.2, 0) is 6.42 Å². The van der Waals surface area contributed by atoms with Crippen molar-refractivity contribution in [2.24, 2.45) is 5.92 Å². The minimum atomic E-state index is 0.769. The van der Waals surface area contributed by atoms with Crippen LogP contribution in [0.15, 0.2) is 18.2 Å². The van der Waals surface area contributed by atoms with Gasteiger partial charge >= 0.3 is 0 Å². The highest BCUT2D eigenvalue weighted by Gasteiger charge is 2.33. The number of hydrogen-bond donors (Lipinski definition) is 0. The van der Waals surface area contributed by atoms with E-state index in [0.29, 0.717) is 0 Å². The molecule has 0 radical (unpaired) electrons. The number of methoxy groups -OCH3 is 1. The van der Waals surface area contributed by atoms with Crippen molar-refractivity contribution in [3.63, 3.8) is 0 Å². The van der Waals surface area contributed by atoms with Gasteiger partial charge in [-0.3, -0.25) is 0 Å². The van der Waals surface area contributed by atoms with Crippen LogP contribution in [0.5, 0.6) is 5.75 Å². The molecule has 3 rings (SSSR count). The Morgan fingerprint density at radius 3 is 3.00 bits per heavy atom. The van der Waals surface area contributed by atoms with Gasteiger partial charge in [-0.05, 0) is 68.0 Å². The molecule has 0 aromatic heterocycles. The molecule has 0 saturated carbocycles. The highest BCUT2D eigenvalue weighted by Crippen LogP contribution is 2.42. The fourth-order valence-electron chi connectivity index (χ4n) is 3.53. The SMILES string of the molecule is COc1ccc2c(c1)[C@@H]1CCN(C)C[C@H]1CC2. The topological polar surface area (TPSA) is 12.5 Å². The first-order chi connectivity index (χ1) is 8.28. The van der Waals surface area contributed by atoms with Crippen molar-refractivity contribution in [1.82, 2.24) is 4.90 Å². The predicted molar refractivity (Wildman–Crippen MR) is 69.7 cm³/mol. The number of ether oxygens (including phenoxy) is 1. The molecule has 1 aliphatic carbocycles. The van der Waals surface area contributed by atoms with Crippen LogP contribution in [0.3, 0.4) is 0 Å². The Bertz CT molecular complexity index is 415. The number of hydrogen-bond acceptors (Lipinski definition) is 2. The van der Waals surface area contributed by atoms with E-state index in [9.17, 15) is 0 Å². The molecule has 1 saturated heterocycles. The molecule has 2 nitrogen and oxygen atoms in total. The lowest BCUT2D eigenvalue weighted by molar-refractivity contribution is 0.168. The van der Waals surface area contributed by atoms with Crippen LogP contribution >= 0.6 is 0 Å². The number of nitrogens with zero attached hydrogens (tertiary/aromatic N) is 1. The van der Waals surface area contributed by atoms with Crippen molar-refractivity contribution >= 4 is 0 Å². The van der Waals surface area contributed by atoms with E-state index < -0.39 is 0 Å². The van der Waals surface area contributed by atoms with Gasteiger partial charge in [0.25, 0.3) is 0 Å². The van der Waals surface area contributed by atoms with Gasteiger partial charge in [-0.1, -0.05) is 6.07 Å². The van der Waals surface area contributed by atoms with E-state index in [4.69, 9.17) is 4.74 Å². The lowest BCUT2D eigenvalue weighted by Gasteiger charge is -2.41. The average Bonchev–Trinajstić information content (AvgIpc) is 2.37. The summed E-state index contributed by atoms with van der Waals surface area (Å²) in [6.45, 7) is 2.50. The predicted octanol–water partition coefficient (Wildman–Crippen LogP) is 2.68. The highest BCUT2D eigenvalue weighted by atomic mass is 16.5. The van der Waals surface area contributed by atoms with Crippen molar-refractivity contribution in [3.8, 4) is 5.75 Å². The van der Waals surface area contributed by atoms with Crippen LogP contribution in [0.4, 0.5) is 0 Å². The van der Waals surface area contributed by atoms with E-state index in [1.54, 1.807) is 18.2 Å². The summed E-state index contributed by atoms with van der Waals surface area (Å²) in [7, 11) is 4.01. The Morgan fingerprint density at radius 1 is 1.29 bits per heavy atom. The van der Waals surface area contributed by atoms with Gasteiger partial charge < -0.3 is 9.64 Å². The van der Waals surface area contributed by atoms with Crippen LogP contribution in [0.2, 0.25) is 0 Å². The summed E-state index contributed by atoms with van der Waals surface area (Å²) in [6, 6.07) is 6.65. The molecule has 1 heterocycles. The van der Waals surface area contributed by atoms with Gasteiger partial charge in [0.1, 0.15) is 5.75 Å². The van der Waals surface area contributed by atoms with Gasteiger partial charge in [-0.15, -0.1) is 0 Å². The maximum atomic E-state index is 5.37. The first kappa shape index (κ1) is 11.1. The number of benzene rings is 1. The zero-order valence-electron chi connectivity index (χ0n) is 10.8. The molecular formula is C15H21NO. The van der Waals surface area contributed by atoms with Gasteiger partial charge in [-0.2, -0.15) is 0 Å². The van der Waals surface area contributed by atoms with Gasteiger partial charge in [0.05, 0.1) is 7.11 Å². The van der Waals surface area contributed by atoms with E-state index in [-0.39, 0.29) is 0 Å². The van der Waals surface area contributed by atoms with Crippen molar-refractivity contribution in [2.75, 3.05) is 27.2 Å². The number of piperidine rings is 1. The van der Waals surface area contributed by atoms with E-state index in [0.717, 1.165) is 17.6 Å². The third-order valence-corrected chi connectivity index (χ3v) is 4.47. The summed E-state index contributed by atoms with van der Waals surface area (Å²) < 4.78 is 5.37. The Balaban J connectivity index is 1.94. The van der Waals surface area contributed by atoms with Crippen LogP contribution in [-0.4, -0.2) is 32.1 Å². The second kappa shape index (κ2) is 4.34. The van der Waals surface area contributed by atoms with Crippen LogP contribution in [0.25, 0.3) is 0 Å². The molecule has 1 fully saturated rings. The minimum Gasteiger partial charge on any atom is -0.497 e. The second-order valence-electron chi connectivity index (χ2n) is 5.52. The zero-order valence-corrected chi connectivity index (χ0v) is 10.8. The molecule has 0 spiro atoms. The summed E-state index contributed by atoms with van der Waals surface area (Å²) in [5, 5.41) is 0. The molecule has 92 valence electrons. The fraction of sp³-hybridized carbons (Fsp3) is 0.600. The smallest absolute Gasteiger partial charge is 0.119 e. The summed E-state index contributed by atoms with van der Waals surface area (Å²) in [4.78, 5) is 2.48. The third kappa shape index (κ3) is 1.95. The molecule has 17 heavy (non-hydrogen) atoms. The van der Waals surface area contributed by atoms with Gasteiger partial charge in [0, 0.05) is 6.54 Å². The quantitative estimate of drug-likeness (QED) is 0.737. The van der Waals surface area contributed by atoms with E-state index in [1.807, 2.05) is 0 Å². The maximum Gasteiger partial charge on any atom is 0.119 e. The first-order valence-electron chi connectivity index (χ1n) is 6.63. The molecule has 0 bridgehead atoms. The van der Waals surface area contributed by atoms with Gasteiger partial charge in [0.15, 0.2) is 0 Å². The second-order valence-corrected chi connectivity index (χ2v) is 5.52. The minimum absolute atomic E-state index is 0.769. The number of likely N-dealkylation sites (tertiary alicyclic amines) is 1. The van der Waals surface area contributed by atoms with Crippen molar-refractivity contribution in [1.29, 1.82) is 0 Å². The molecule has 1 aromatic carbocycles. The molecule has 2 atom stereocenters. The molecule has 2 heteroatoms. The van der Waals surface area contributed by atoms with Crippen LogP contribution in [0, 0.1) is 5.92 Å². The largest absolute Gasteiger partial charge is 0.497 e. The fourth-order valence-corrected chi connectivity index (χ4v) is 3.53. The standard InChI is InChI=1S/C15H21NO/c1-16-8-7-14-12(10-16)4-3-11-5-6-13(17-2)9-15(11)14/h5-6,9,12,14H,3-4,7-8,10H2,1-2H3/t12-,14-/m1/s1. The summed E-state index contributed by atoms with van der Waals surface area (Å²) in [5.41, 5.74) is 3.12. The highest BCUT2D eigenvalue weighted by molar-refractivity contribution is 5.40. The average molecular weight is 231 g/mol. The number of aryl methyl sites for hydroxylation is 1. The lowest BCUT2D eigenvalue weighted by Crippen LogP contribution is -2.39. The Labute approximate surface area is 104 Å². The van der Waals surface area contributed by atoms with Crippen molar-refractivity contribution < 1.29 is 4.74 Å². The number of fused-ring (bicyclic) bond motifs is 3. The van der Waals surface area contributed by atoms with Gasteiger partial charge in [0.2, 0.25) is 0 Å². The van der Waals surface area contributed by atoms with Crippen LogP contribution < -0.4 is 4.74 Å². The van der Waals surface area contributed by atoms with Crippen LogP contribution in [0.1, 0.15) is 29.9 Å².